The third-order valence-electron chi connectivity index (χ3n) is 4.77. The Morgan fingerprint density at radius 2 is 2.00 bits per heavy atom. The van der Waals surface area contributed by atoms with Gasteiger partial charge in [0.05, 0.1) is 18.0 Å². The zero-order chi connectivity index (χ0) is 20.5. The molecule has 0 saturated heterocycles. The van der Waals surface area contributed by atoms with Crippen LogP contribution in [0.3, 0.4) is 0 Å². The molecular weight excluding hydrogens is 364 g/mol. The van der Waals surface area contributed by atoms with E-state index in [2.05, 4.69) is 49.4 Å². The molecule has 2 heterocycles. The predicted octanol–water partition coefficient (Wildman–Crippen LogP) is 4.81. The van der Waals surface area contributed by atoms with Gasteiger partial charge in [0.2, 0.25) is 0 Å². The smallest absolute Gasteiger partial charge is 0.257 e. The average molecular weight is 388 g/mol. The molecule has 2 aromatic carbocycles. The minimum atomic E-state index is -0.232. The van der Waals surface area contributed by atoms with Gasteiger partial charge in [0.1, 0.15) is 5.75 Å². The number of hydrogen-bond acceptors (Lipinski definition) is 4. The van der Waals surface area contributed by atoms with E-state index in [-0.39, 0.29) is 5.91 Å². The van der Waals surface area contributed by atoms with Crippen molar-refractivity contribution < 1.29 is 9.53 Å². The van der Waals surface area contributed by atoms with Crippen LogP contribution < -0.4 is 10.1 Å². The van der Waals surface area contributed by atoms with Gasteiger partial charge in [0.25, 0.3) is 5.91 Å². The molecule has 0 unspecified atom stereocenters. The van der Waals surface area contributed by atoms with Crippen molar-refractivity contribution in [3.63, 3.8) is 0 Å². The van der Waals surface area contributed by atoms with Crippen LogP contribution in [0.15, 0.2) is 48.5 Å². The van der Waals surface area contributed by atoms with Crippen molar-refractivity contribution in [1.82, 2.24) is 14.8 Å². The number of anilines is 1. The molecule has 0 bridgehead atoms. The number of carbonyl (C=O) groups is 1. The van der Waals surface area contributed by atoms with Crippen LogP contribution in [-0.2, 0) is 6.54 Å². The van der Waals surface area contributed by atoms with Crippen LogP contribution in [0.1, 0.15) is 29.8 Å². The van der Waals surface area contributed by atoms with Crippen molar-refractivity contribution in [2.24, 2.45) is 5.92 Å². The van der Waals surface area contributed by atoms with Gasteiger partial charge >= 0.3 is 0 Å². The number of amides is 1. The second-order valence-electron chi connectivity index (χ2n) is 7.67. The SMILES string of the molecule is COc1cccc(C(=O)Nc2nn(CC(C)C)c3nc4ccc(C)cc4cc23)c1. The van der Waals surface area contributed by atoms with Crippen molar-refractivity contribution in [3.8, 4) is 5.75 Å². The molecule has 0 aliphatic carbocycles. The monoisotopic (exact) mass is 388 g/mol. The molecule has 0 aliphatic heterocycles. The normalized spacial score (nSPS) is 11.3. The Bertz CT molecular complexity index is 1210. The Morgan fingerprint density at radius 3 is 2.76 bits per heavy atom. The van der Waals surface area contributed by atoms with Gasteiger partial charge in [0.15, 0.2) is 11.5 Å². The van der Waals surface area contributed by atoms with Crippen LogP contribution in [0.5, 0.6) is 5.75 Å². The van der Waals surface area contributed by atoms with Crippen molar-refractivity contribution in [2.45, 2.75) is 27.3 Å². The number of aromatic nitrogens is 3. The first-order valence-corrected chi connectivity index (χ1v) is 9.68. The van der Waals surface area contributed by atoms with Crippen molar-refractivity contribution in [2.75, 3.05) is 12.4 Å². The highest BCUT2D eigenvalue weighted by atomic mass is 16.5. The van der Waals surface area contributed by atoms with E-state index < -0.39 is 0 Å². The molecule has 4 rings (SSSR count). The van der Waals surface area contributed by atoms with Gasteiger partial charge in [-0.3, -0.25) is 4.79 Å². The summed E-state index contributed by atoms with van der Waals surface area (Å²) in [5, 5.41) is 9.49. The Kier molecular flexibility index (Phi) is 4.92. The predicted molar refractivity (Wildman–Crippen MR) is 116 cm³/mol. The lowest BCUT2D eigenvalue weighted by molar-refractivity contribution is 0.102. The summed E-state index contributed by atoms with van der Waals surface area (Å²) < 4.78 is 7.10. The van der Waals surface area contributed by atoms with Crippen molar-refractivity contribution >= 4 is 33.7 Å². The van der Waals surface area contributed by atoms with E-state index in [0.717, 1.165) is 34.0 Å². The maximum absolute atomic E-state index is 12.8. The van der Waals surface area contributed by atoms with Gasteiger partial charge in [-0.05, 0) is 49.2 Å². The molecule has 1 amide bonds. The number of aryl methyl sites for hydroxylation is 1. The van der Waals surface area contributed by atoms with E-state index in [1.54, 1.807) is 25.3 Å². The molecule has 0 spiro atoms. The van der Waals surface area contributed by atoms with Gasteiger partial charge in [-0.2, -0.15) is 5.10 Å². The Hall–Kier alpha value is -3.41. The summed E-state index contributed by atoms with van der Waals surface area (Å²) in [5.74, 6) is 1.32. The number of benzene rings is 2. The summed E-state index contributed by atoms with van der Waals surface area (Å²) in [4.78, 5) is 17.7. The lowest BCUT2D eigenvalue weighted by Gasteiger charge is -2.06. The number of hydrogen-bond donors (Lipinski definition) is 1. The molecule has 148 valence electrons. The van der Waals surface area contributed by atoms with Crippen LogP contribution in [0.4, 0.5) is 5.82 Å². The molecule has 6 heteroatoms. The number of nitrogens with one attached hydrogen (secondary N) is 1. The third-order valence-corrected chi connectivity index (χ3v) is 4.77. The van der Waals surface area contributed by atoms with Gasteiger partial charge in [-0.25, -0.2) is 9.67 Å². The number of methoxy groups -OCH3 is 1. The fourth-order valence-corrected chi connectivity index (χ4v) is 3.39. The molecule has 6 nitrogen and oxygen atoms in total. The summed E-state index contributed by atoms with van der Waals surface area (Å²) in [6.45, 7) is 7.03. The van der Waals surface area contributed by atoms with Gasteiger partial charge < -0.3 is 10.1 Å². The van der Waals surface area contributed by atoms with E-state index in [9.17, 15) is 4.79 Å². The fraction of sp³-hybridized carbons (Fsp3) is 0.261. The molecule has 0 saturated carbocycles. The first-order chi connectivity index (χ1) is 13.9. The van der Waals surface area contributed by atoms with Crippen LogP contribution in [0, 0.1) is 12.8 Å². The molecule has 0 radical (unpaired) electrons. The Morgan fingerprint density at radius 1 is 1.17 bits per heavy atom. The third kappa shape index (κ3) is 3.78. The lowest BCUT2D eigenvalue weighted by atomic mass is 10.1. The van der Waals surface area contributed by atoms with Gasteiger partial charge in [-0.15, -0.1) is 0 Å². The minimum absolute atomic E-state index is 0.232. The average Bonchev–Trinajstić information content (AvgIpc) is 3.01. The highest BCUT2D eigenvalue weighted by Gasteiger charge is 2.17. The molecule has 0 atom stereocenters. The molecule has 2 aromatic heterocycles. The Balaban J connectivity index is 1.80. The highest BCUT2D eigenvalue weighted by Crippen LogP contribution is 2.27. The molecule has 29 heavy (non-hydrogen) atoms. The minimum Gasteiger partial charge on any atom is -0.497 e. The van der Waals surface area contributed by atoms with E-state index >= 15 is 0 Å². The van der Waals surface area contributed by atoms with E-state index in [1.165, 1.54) is 0 Å². The second-order valence-corrected chi connectivity index (χ2v) is 7.67. The van der Waals surface area contributed by atoms with Crippen LogP contribution in [0.25, 0.3) is 21.9 Å². The summed E-state index contributed by atoms with van der Waals surface area (Å²) in [5.41, 5.74) is 3.37. The second kappa shape index (κ2) is 7.54. The maximum Gasteiger partial charge on any atom is 0.257 e. The van der Waals surface area contributed by atoms with Gasteiger partial charge in [-0.1, -0.05) is 31.5 Å². The molecule has 4 aromatic rings. The van der Waals surface area contributed by atoms with Gasteiger partial charge in [0, 0.05) is 17.5 Å². The molecule has 1 N–H and O–H groups in total. The standard InChI is InChI=1S/C23H24N4O2/c1-14(2)13-27-22-19(12-17-10-15(3)8-9-20(17)24-22)21(26-27)25-23(28)16-6-5-7-18(11-16)29-4/h5-12,14H,13H2,1-4H3,(H,25,26,28). The maximum atomic E-state index is 12.8. The van der Waals surface area contributed by atoms with E-state index in [4.69, 9.17) is 9.72 Å². The zero-order valence-electron chi connectivity index (χ0n) is 17.1. The molecular formula is C23H24N4O2. The largest absolute Gasteiger partial charge is 0.497 e. The number of ether oxygens (including phenoxy) is 1. The highest BCUT2D eigenvalue weighted by molar-refractivity contribution is 6.09. The van der Waals surface area contributed by atoms with Crippen LogP contribution in [0.2, 0.25) is 0 Å². The summed E-state index contributed by atoms with van der Waals surface area (Å²) in [6, 6.07) is 15.3. The topological polar surface area (TPSA) is 69.0 Å². The van der Waals surface area contributed by atoms with Crippen molar-refractivity contribution in [3.05, 3.63) is 59.7 Å². The molecule has 0 fully saturated rings. The molecule has 0 aliphatic rings. The lowest BCUT2D eigenvalue weighted by Crippen LogP contribution is -2.13. The number of carbonyl (C=O) groups excluding carboxylic acids is 1. The fourth-order valence-electron chi connectivity index (χ4n) is 3.39. The van der Waals surface area contributed by atoms with Crippen molar-refractivity contribution in [1.29, 1.82) is 0 Å². The number of nitrogens with zero attached hydrogens (tertiary/aromatic N) is 3. The first kappa shape index (κ1) is 18.9. The van der Waals surface area contributed by atoms with Crippen LogP contribution >= 0.6 is 0 Å². The summed E-state index contributed by atoms with van der Waals surface area (Å²) >= 11 is 0. The number of pyridine rings is 1. The number of rotatable bonds is 5. The Labute approximate surface area is 169 Å². The first-order valence-electron chi connectivity index (χ1n) is 9.68. The number of fused-ring (bicyclic) bond motifs is 2. The summed E-state index contributed by atoms with van der Waals surface area (Å²) in [7, 11) is 1.58. The van der Waals surface area contributed by atoms with Crippen LogP contribution in [-0.4, -0.2) is 27.8 Å². The van der Waals surface area contributed by atoms with E-state index in [0.29, 0.717) is 23.0 Å². The quantitative estimate of drug-likeness (QED) is 0.533. The van der Waals surface area contributed by atoms with E-state index in [1.807, 2.05) is 16.8 Å². The summed E-state index contributed by atoms with van der Waals surface area (Å²) in [6.07, 6.45) is 0. The zero-order valence-corrected chi connectivity index (χ0v) is 17.1.